The fraction of sp³-hybridized carbons (Fsp3) is 0.0625. The summed E-state index contributed by atoms with van der Waals surface area (Å²) in [5.41, 5.74) is 1.02. The third-order valence-corrected chi connectivity index (χ3v) is 4.19. The van der Waals surface area contributed by atoms with Crippen LogP contribution in [0, 0.1) is 0 Å². The summed E-state index contributed by atoms with van der Waals surface area (Å²) in [5, 5.41) is 27.4. The van der Waals surface area contributed by atoms with Crippen molar-refractivity contribution < 1.29 is 19.4 Å². The smallest absolute Gasteiger partial charge is 0.277 e. The molecule has 0 aliphatic carbocycles. The van der Waals surface area contributed by atoms with E-state index in [-0.39, 0.29) is 33.8 Å². The van der Waals surface area contributed by atoms with E-state index in [4.69, 9.17) is 16.0 Å². The molecule has 0 fully saturated rings. The molecule has 2 N–H and O–H groups in total. The quantitative estimate of drug-likeness (QED) is 0.405. The second-order valence-corrected chi connectivity index (χ2v) is 6.16. The highest BCUT2D eigenvalue weighted by Crippen LogP contribution is 2.27. The van der Waals surface area contributed by atoms with Gasteiger partial charge in [0.05, 0.1) is 5.75 Å². The van der Waals surface area contributed by atoms with Gasteiger partial charge in [-0.05, 0) is 42.5 Å². The van der Waals surface area contributed by atoms with Crippen molar-refractivity contribution in [2.75, 3.05) is 5.75 Å². The summed E-state index contributed by atoms with van der Waals surface area (Å²) in [6.07, 6.45) is 0. The molecule has 0 atom stereocenters. The number of hydrogen-bond donors (Lipinski definition) is 2. The zero-order chi connectivity index (χ0) is 17.1. The van der Waals surface area contributed by atoms with Crippen LogP contribution in [0.2, 0.25) is 5.02 Å². The Morgan fingerprint density at radius 1 is 1.08 bits per heavy atom. The molecule has 0 aliphatic rings. The topological polar surface area (TPSA) is 96.5 Å². The lowest BCUT2D eigenvalue weighted by atomic mass is 10.1. The summed E-state index contributed by atoms with van der Waals surface area (Å²) >= 11 is 6.92. The van der Waals surface area contributed by atoms with Gasteiger partial charge in [-0.15, -0.1) is 10.2 Å². The Morgan fingerprint density at radius 3 is 2.54 bits per heavy atom. The number of benzene rings is 2. The Kier molecular flexibility index (Phi) is 4.73. The Balaban J connectivity index is 1.65. The molecule has 2 aromatic carbocycles. The highest BCUT2D eigenvalue weighted by molar-refractivity contribution is 7.99. The number of phenols is 2. The van der Waals surface area contributed by atoms with Crippen LogP contribution in [0.15, 0.2) is 52.1 Å². The van der Waals surface area contributed by atoms with E-state index < -0.39 is 0 Å². The number of carbonyl (C=O) groups excluding carboxylic acids is 1. The normalized spacial score (nSPS) is 10.7. The first-order valence-corrected chi connectivity index (χ1v) is 8.17. The van der Waals surface area contributed by atoms with Gasteiger partial charge in [0.15, 0.2) is 17.3 Å². The van der Waals surface area contributed by atoms with Gasteiger partial charge in [0, 0.05) is 16.1 Å². The van der Waals surface area contributed by atoms with Crippen molar-refractivity contribution in [3.63, 3.8) is 0 Å². The molecule has 0 bridgehead atoms. The molecule has 0 radical (unpaired) electrons. The monoisotopic (exact) mass is 362 g/mol. The van der Waals surface area contributed by atoms with Crippen molar-refractivity contribution >= 4 is 29.1 Å². The Labute approximate surface area is 146 Å². The summed E-state index contributed by atoms with van der Waals surface area (Å²) in [6.45, 7) is 0. The number of aromatic nitrogens is 2. The second kappa shape index (κ2) is 6.94. The Bertz CT molecular complexity index is 880. The van der Waals surface area contributed by atoms with Gasteiger partial charge in [-0.2, -0.15) is 0 Å². The van der Waals surface area contributed by atoms with Crippen LogP contribution >= 0.6 is 23.4 Å². The van der Waals surface area contributed by atoms with Crippen molar-refractivity contribution in [1.29, 1.82) is 0 Å². The largest absolute Gasteiger partial charge is 0.504 e. The standard InChI is InChI=1S/C16H11ClN2O4S/c17-11-4-1-9(2-5-11)15-18-19-16(23-15)24-8-14(22)10-3-6-12(20)13(21)7-10/h1-7,20-21H,8H2. The van der Waals surface area contributed by atoms with Gasteiger partial charge in [-0.1, -0.05) is 23.4 Å². The molecule has 0 saturated carbocycles. The highest BCUT2D eigenvalue weighted by atomic mass is 35.5. The molecule has 1 heterocycles. The summed E-state index contributed by atoms with van der Waals surface area (Å²) in [7, 11) is 0. The predicted octanol–water partition coefficient (Wildman–Crippen LogP) is 3.78. The number of ketones is 1. The van der Waals surface area contributed by atoms with Crippen LogP contribution in [0.5, 0.6) is 11.5 Å². The van der Waals surface area contributed by atoms with Crippen molar-refractivity contribution in [3.8, 4) is 23.0 Å². The molecule has 0 amide bonds. The maximum absolute atomic E-state index is 12.1. The van der Waals surface area contributed by atoms with Gasteiger partial charge in [-0.25, -0.2) is 0 Å². The maximum atomic E-state index is 12.1. The molecule has 3 aromatic rings. The molecule has 122 valence electrons. The van der Waals surface area contributed by atoms with E-state index in [2.05, 4.69) is 10.2 Å². The number of nitrogens with zero attached hydrogens (tertiary/aromatic N) is 2. The van der Waals surface area contributed by atoms with Crippen LogP contribution in [0.4, 0.5) is 0 Å². The lowest BCUT2D eigenvalue weighted by Crippen LogP contribution is -2.01. The van der Waals surface area contributed by atoms with E-state index in [0.717, 1.165) is 17.3 Å². The molecule has 24 heavy (non-hydrogen) atoms. The Hall–Kier alpha value is -2.51. The SMILES string of the molecule is O=C(CSc1nnc(-c2ccc(Cl)cc2)o1)c1ccc(O)c(O)c1. The zero-order valence-electron chi connectivity index (χ0n) is 12.1. The number of Topliss-reactive ketones (excluding diaryl/α,β-unsaturated/α-hetero) is 1. The van der Waals surface area contributed by atoms with Crippen LogP contribution in [-0.2, 0) is 0 Å². The number of hydrogen-bond acceptors (Lipinski definition) is 7. The minimum absolute atomic E-state index is 0.0620. The van der Waals surface area contributed by atoms with Gasteiger partial charge < -0.3 is 14.6 Å². The fourth-order valence-electron chi connectivity index (χ4n) is 1.88. The van der Waals surface area contributed by atoms with E-state index in [1.165, 1.54) is 18.2 Å². The van der Waals surface area contributed by atoms with Crippen LogP contribution in [-0.4, -0.2) is 31.9 Å². The highest BCUT2D eigenvalue weighted by Gasteiger charge is 2.13. The number of carbonyl (C=O) groups is 1. The predicted molar refractivity (Wildman–Crippen MR) is 89.6 cm³/mol. The zero-order valence-corrected chi connectivity index (χ0v) is 13.7. The lowest BCUT2D eigenvalue weighted by Gasteiger charge is -2.01. The minimum Gasteiger partial charge on any atom is -0.504 e. The van der Waals surface area contributed by atoms with Crippen molar-refractivity contribution in [2.45, 2.75) is 5.22 Å². The second-order valence-electron chi connectivity index (χ2n) is 4.80. The first kappa shape index (κ1) is 16.4. The average Bonchev–Trinajstić information content (AvgIpc) is 3.05. The van der Waals surface area contributed by atoms with Gasteiger partial charge in [-0.3, -0.25) is 4.79 Å². The summed E-state index contributed by atoms with van der Waals surface area (Å²) < 4.78 is 5.49. The van der Waals surface area contributed by atoms with E-state index >= 15 is 0 Å². The summed E-state index contributed by atoms with van der Waals surface area (Å²) in [4.78, 5) is 12.1. The molecular formula is C16H11ClN2O4S. The molecular weight excluding hydrogens is 352 g/mol. The number of halogens is 1. The van der Waals surface area contributed by atoms with Gasteiger partial charge in [0.25, 0.3) is 5.22 Å². The first-order chi connectivity index (χ1) is 11.5. The third kappa shape index (κ3) is 3.69. The molecule has 0 spiro atoms. The first-order valence-electron chi connectivity index (χ1n) is 6.80. The fourth-order valence-corrected chi connectivity index (χ4v) is 2.67. The van der Waals surface area contributed by atoms with Crippen LogP contribution in [0.3, 0.4) is 0 Å². The summed E-state index contributed by atoms with van der Waals surface area (Å²) in [6, 6.07) is 10.9. The van der Waals surface area contributed by atoms with Gasteiger partial charge >= 0.3 is 0 Å². The number of phenolic OH excluding ortho intramolecular Hbond substituents is 2. The molecule has 0 unspecified atom stereocenters. The molecule has 0 saturated heterocycles. The minimum atomic E-state index is -0.339. The number of thioether (sulfide) groups is 1. The Morgan fingerprint density at radius 2 is 1.83 bits per heavy atom. The third-order valence-electron chi connectivity index (χ3n) is 3.12. The van der Waals surface area contributed by atoms with Crippen molar-refractivity contribution in [3.05, 3.63) is 53.1 Å². The van der Waals surface area contributed by atoms with Crippen LogP contribution < -0.4 is 0 Å². The van der Waals surface area contributed by atoms with E-state index in [1.807, 2.05) is 0 Å². The molecule has 6 nitrogen and oxygen atoms in total. The van der Waals surface area contributed by atoms with Gasteiger partial charge in [0.1, 0.15) is 0 Å². The van der Waals surface area contributed by atoms with Gasteiger partial charge in [0.2, 0.25) is 5.89 Å². The van der Waals surface area contributed by atoms with Crippen LogP contribution in [0.25, 0.3) is 11.5 Å². The number of rotatable bonds is 5. The molecule has 8 heteroatoms. The van der Waals surface area contributed by atoms with Crippen LogP contribution in [0.1, 0.15) is 10.4 Å². The maximum Gasteiger partial charge on any atom is 0.277 e. The number of aromatic hydroxyl groups is 2. The van der Waals surface area contributed by atoms with E-state index in [0.29, 0.717) is 10.9 Å². The van der Waals surface area contributed by atoms with Crippen molar-refractivity contribution in [1.82, 2.24) is 10.2 Å². The molecule has 3 rings (SSSR count). The average molecular weight is 363 g/mol. The molecule has 0 aliphatic heterocycles. The van der Waals surface area contributed by atoms with E-state index in [9.17, 15) is 15.0 Å². The summed E-state index contributed by atoms with van der Waals surface area (Å²) in [5.74, 6) is -0.449. The molecule has 1 aromatic heterocycles. The van der Waals surface area contributed by atoms with Crippen molar-refractivity contribution in [2.24, 2.45) is 0 Å². The van der Waals surface area contributed by atoms with E-state index in [1.54, 1.807) is 24.3 Å². The lowest BCUT2D eigenvalue weighted by molar-refractivity contribution is 0.102.